The second-order valence-electron chi connectivity index (χ2n) is 3.59. The van der Waals surface area contributed by atoms with E-state index < -0.39 is 6.17 Å². The summed E-state index contributed by atoms with van der Waals surface area (Å²) < 4.78 is 14.0. The van der Waals surface area contributed by atoms with Crippen LogP contribution in [0.25, 0.3) is 0 Å². The molecule has 0 saturated carbocycles. The highest BCUT2D eigenvalue weighted by atomic mass is 19.1. The lowest BCUT2D eigenvalue weighted by Crippen LogP contribution is -1.98. The van der Waals surface area contributed by atoms with E-state index in [9.17, 15) is 4.39 Å². The van der Waals surface area contributed by atoms with E-state index in [1.54, 1.807) is 36.7 Å². The molecule has 0 aliphatic carbocycles. The van der Waals surface area contributed by atoms with E-state index in [1.165, 1.54) is 0 Å². The summed E-state index contributed by atoms with van der Waals surface area (Å²) >= 11 is 0. The molecule has 1 atom stereocenters. The van der Waals surface area contributed by atoms with Crippen molar-refractivity contribution in [2.24, 2.45) is 5.73 Å². The molecule has 82 valence electrons. The number of nitrogens with two attached hydrogens (primary N) is 1. The first kappa shape index (κ1) is 10.8. The van der Waals surface area contributed by atoms with E-state index in [0.717, 1.165) is 5.56 Å². The van der Waals surface area contributed by atoms with Crippen LogP contribution in [0.2, 0.25) is 0 Å². The van der Waals surface area contributed by atoms with Gasteiger partial charge in [0.05, 0.1) is 0 Å². The summed E-state index contributed by atoms with van der Waals surface area (Å²) in [5, 5.41) is 0. The van der Waals surface area contributed by atoms with Gasteiger partial charge in [0.1, 0.15) is 0 Å². The van der Waals surface area contributed by atoms with Crippen molar-refractivity contribution in [3.05, 3.63) is 65.5 Å². The van der Waals surface area contributed by atoms with Crippen LogP contribution in [0.5, 0.6) is 0 Å². The number of halogens is 1. The minimum atomic E-state index is -1.12. The zero-order chi connectivity index (χ0) is 11.4. The third-order valence-corrected chi connectivity index (χ3v) is 2.49. The molecule has 2 aromatic rings. The largest absolute Gasteiger partial charge is 0.326 e. The van der Waals surface area contributed by atoms with E-state index in [4.69, 9.17) is 5.73 Å². The molecule has 2 rings (SSSR count). The summed E-state index contributed by atoms with van der Waals surface area (Å²) in [6, 6.07) is 10.7. The standard InChI is InChI=1S/C13H13FN2/c14-13(12-2-1-7-16-9-12)11-5-3-10(8-15)4-6-11/h1-7,9,13H,8,15H2. The molecule has 0 spiro atoms. The van der Waals surface area contributed by atoms with Crippen LogP contribution in [0.4, 0.5) is 4.39 Å². The molecule has 1 unspecified atom stereocenters. The van der Waals surface area contributed by atoms with Crippen molar-refractivity contribution in [1.29, 1.82) is 0 Å². The van der Waals surface area contributed by atoms with Gasteiger partial charge in [-0.15, -0.1) is 0 Å². The van der Waals surface area contributed by atoms with Crippen molar-refractivity contribution in [3.8, 4) is 0 Å². The van der Waals surface area contributed by atoms with Gasteiger partial charge in [0.25, 0.3) is 0 Å². The molecule has 0 amide bonds. The van der Waals surface area contributed by atoms with Crippen molar-refractivity contribution in [1.82, 2.24) is 4.98 Å². The molecule has 3 heteroatoms. The van der Waals surface area contributed by atoms with E-state index >= 15 is 0 Å². The number of hydrogen-bond acceptors (Lipinski definition) is 2. The third kappa shape index (κ3) is 2.25. The average molecular weight is 216 g/mol. The fourth-order valence-electron chi connectivity index (χ4n) is 1.54. The van der Waals surface area contributed by atoms with Gasteiger partial charge >= 0.3 is 0 Å². The van der Waals surface area contributed by atoms with Crippen molar-refractivity contribution in [3.63, 3.8) is 0 Å². The molecular formula is C13H13FN2. The van der Waals surface area contributed by atoms with Crippen LogP contribution in [-0.2, 0) is 6.54 Å². The quantitative estimate of drug-likeness (QED) is 0.856. The van der Waals surface area contributed by atoms with Gasteiger partial charge in [-0.2, -0.15) is 0 Å². The Bertz CT molecular complexity index is 439. The van der Waals surface area contributed by atoms with E-state index in [0.29, 0.717) is 17.7 Å². The minimum absolute atomic E-state index is 0.476. The van der Waals surface area contributed by atoms with Gasteiger partial charge in [0, 0.05) is 24.5 Å². The van der Waals surface area contributed by atoms with Crippen LogP contribution in [-0.4, -0.2) is 4.98 Å². The van der Waals surface area contributed by atoms with E-state index in [2.05, 4.69) is 4.98 Å². The molecule has 0 bridgehead atoms. The molecule has 0 fully saturated rings. The topological polar surface area (TPSA) is 38.9 Å². The average Bonchev–Trinajstić information content (AvgIpc) is 2.39. The highest BCUT2D eigenvalue weighted by Crippen LogP contribution is 2.25. The van der Waals surface area contributed by atoms with Gasteiger partial charge < -0.3 is 5.73 Å². The maximum absolute atomic E-state index is 14.0. The molecule has 0 aliphatic heterocycles. The molecule has 1 aromatic heterocycles. The van der Waals surface area contributed by atoms with Crippen molar-refractivity contribution in [2.75, 3.05) is 0 Å². The zero-order valence-electron chi connectivity index (χ0n) is 8.81. The summed E-state index contributed by atoms with van der Waals surface area (Å²) in [5.74, 6) is 0. The zero-order valence-corrected chi connectivity index (χ0v) is 8.81. The Morgan fingerprint density at radius 2 is 1.88 bits per heavy atom. The van der Waals surface area contributed by atoms with Crippen molar-refractivity contribution in [2.45, 2.75) is 12.7 Å². The summed E-state index contributed by atoms with van der Waals surface area (Å²) in [6.07, 6.45) is 2.05. The molecule has 1 heterocycles. The lowest BCUT2D eigenvalue weighted by molar-refractivity contribution is 0.401. The van der Waals surface area contributed by atoms with Crippen LogP contribution >= 0.6 is 0 Å². The lowest BCUT2D eigenvalue weighted by atomic mass is 10.0. The minimum Gasteiger partial charge on any atom is -0.326 e. The fraction of sp³-hybridized carbons (Fsp3) is 0.154. The molecule has 2 nitrogen and oxygen atoms in total. The molecule has 0 radical (unpaired) electrons. The second-order valence-corrected chi connectivity index (χ2v) is 3.59. The number of pyridine rings is 1. The normalized spacial score (nSPS) is 12.4. The first-order chi connectivity index (χ1) is 7.81. The SMILES string of the molecule is NCc1ccc(C(F)c2cccnc2)cc1. The molecule has 0 saturated heterocycles. The summed E-state index contributed by atoms with van der Waals surface area (Å²) in [4.78, 5) is 3.90. The third-order valence-electron chi connectivity index (χ3n) is 2.49. The number of alkyl halides is 1. The Kier molecular flexibility index (Phi) is 3.27. The van der Waals surface area contributed by atoms with Gasteiger partial charge in [-0.3, -0.25) is 4.98 Å². The molecule has 0 aliphatic rings. The number of aromatic nitrogens is 1. The smallest absolute Gasteiger partial charge is 0.152 e. The maximum atomic E-state index is 14.0. The monoisotopic (exact) mass is 216 g/mol. The number of nitrogens with zero attached hydrogens (tertiary/aromatic N) is 1. The lowest BCUT2D eigenvalue weighted by Gasteiger charge is -2.08. The fourth-order valence-corrected chi connectivity index (χ4v) is 1.54. The predicted molar refractivity (Wildman–Crippen MR) is 61.5 cm³/mol. The Balaban J connectivity index is 2.24. The first-order valence-electron chi connectivity index (χ1n) is 5.14. The predicted octanol–water partition coefficient (Wildman–Crippen LogP) is 2.60. The van der Waals surface area contributed by atoms with Gasteiger partial charge in [0.2, 0.25) is 0 Å². The van der Waals surface area contributed by atoms with E-state index in [-0.39, 0.29) is 0 Å². The van der Waals surface area contributed by atoms with E-state index in [1.807, 2.05) is 12.1 Å². The molecule has 1 aromatic carbocycles. The van der Waals surface area contributed by atoms with Gasteiger partial charge in [-0.1, -0.05) is 30.3 Å². The summed E-state index contributed by atoms with van der Waals surface area (Å²) in [7, 11) is 0. The van der Waals surface area contributed by atoms with Crippen LogP contribution in [0.1, 0.15) is 22.9 Å². The number of rotatable bonds is 3. The van der Waals surface area contributed by atoms with Crippen molar-refractivity contribution >= 4 is 0 Å². The summed E-state index contributed by atoms with van der Waals surface area (Å²) in [5.41, 5.74) is 7.69. The Morgan fingerprint density at radius 1 is 1.12 bits per heavy atom. The molecule has 16 heavy (non-hydrogen) atoms. The Hall–Kier alpha value is -1.74. The van der Waals surface area contributed by atoms with Crippen LogP contribution < -0.4 is 5.73 Å². The van der Waals surface area contributed by atoms with Crippen molar-refractivity contribution < 1.29 is 4.39 Å². The highest BCUT2D eigenvalue weighted by Gasteiger charge is 2.11. The maximum Gasteiger partial charge on any atom is 0.152 e. The molecular weight excluding hydrogens is 203 g/mol. The van der Waals surface area contributed by atoms with Crippen LogP contribution in [0, 0.1) is 0 Å². The molecule has 2 N–H and O–H groups in total. The van der Waals surface area contributed by atoms with Gasteiger partial charge in [-0.05, 0) is 17.2 Å². The van der Waals surface area contributed by atoms with Gasteiger partial charge in [-0.25, -0.2) is 4.39 Å². The Labute approximate surface area is 93.9 Å². The van der Waals surface area contributed by atoms with Gasteiger partial charge in [0.15, 0.2) is 6.17 Å². The summed E-state index contributed by atoms with van der Waals surface area (Å²) in [6.45, 7) is 0.476. The second kappa shape index (κ2) is 4.86. The van der Waals surface area contributed by atoms with Crippen LogP contribution in [0.3, 0.4) is 0 Å². The first-order valence-corrected chi connectivity index (χ1v) is 5.14. The Morgan fingerprint density at radius 3 is 2.44 bits per heavy atom. The highest BCUT2D eigenvalue weighted by molar-refractivity contribution is 5.30. The number of hydrogen-bond donors (Lipinski definition) is 1. The van der Waals surface area contributed by atoms with Crippen LogP contribution in [0.15, 0.2) is 48.8 Å². The number of benzene rings is 1.